The zero-order valence-corrected chi connectivity index (χ0v) is 13.3. The van der Waals surface area contributed by atoms with E-state index in [1.54, 1.807) is 6.07 Å². The summed E-state index contributed by atoms with van der Waals surface area (Å²) < 4.78 is 17.8. The van der Waals surface area contributed by atoms with Crippen molar-refractivity contribution >= 4 is 29.8 Å². The van der Waals surface area contributed by atoms with Gasteiger partial charge in [0.2, 0.25) is 0 Å². The normalized spacial score (nSPS) is 18.2. The Morgan fingerprint density at radius 1 is 1.48 bits per heavy atom. The molecule has 21 heavy (non-hydrogen) atoms. The fourth-order valence-electron chi connectivity index (χ4n) is 2.41. The highest BCUT2D eigenvalue weighted by molar-refractivity contribution is 7.99. The van der Waals surface area contributed by atoms with E-state index >= 15 is 0 Å². The number of allylic oxidation sites excluding steroid dienone is 1. The maximum Gasteiger partial charge on any atom is 0.293 e. The lowest BCUT2D eigenvalue weighted by atomic mass is 9.97. The molecule has 0 heterocycles. The Morgan fingerprint density at radius 3 is 3.10 bits per heavy atom. The van der Waals surface area contributed by atoms with Gasteiger partial charge in [0.1, 0.15) is 5.82 Å². The molecule has 0 saturated carbocycles. The minimum Gasteiger partial charge on any atom is -0.468 e. The summed E-state index contributed by atoms with van der Waals surface area (Å²) in [4.78, 5) is 10.2. The van der Waals surface area contributed by atoms with E-state index in [0.29, 0.717) is 23.4 Å². The predicted octanol–water partition coefficient (Wildman–Crippen LogP) is 4.75. The third-order valence-electron chi connectivity index (χ3n) is 3.52. The van der Waals surface area contributed by atoms with Crippen LogP contribution < -0.4 is 0 Å². The Labute approximate surface area is 133 Å². The number of thioether (sulfide) groups is 1. The van der Waals surface area contributed by atoms with Crippen LogP contribution in [0.1, 0.15) is 31.2 Å². The molecule has 2 nitrogen and oxygen atoms in total. The molecule has 5 heteroatoms. The highest BCUT2D eigenvalue weighted by Crippen LogP contribution is 2.34. The first-order valence-electron chi connectivity index (χ1n) is 7.00. The van der Waals surface area contributed by atoms with E-state index in [1.165, 1.54) is 24.1 Å². The van der Waals surface area contributed by atoms with E-state index in [4.69, 9.17) is 16.3 Å². The standard InChI is InChI=1S/C16H18ClFO2S/c17-15-9-14(18)6-5-13(15)10-21-16-4-2-1-3-12(16)7-8-20-11-19/h3,5-6,9,11,16H,1-2,4,7-8,10H2. The summed E-state index contributed by atoms with van der Waals surface area (Å²) in [6.45, 7) is 0.924. The SMILES string of the molecule is O=COCCC1=CCCCC1SCc1ccc(F)cc1Cl. The molecule has 1 aliphatic carbocycles. The van der Waals surface area contributed by atoms with Crippen LogP contribution in [-0.2, 0) is 15.3 Å². The van der Waals surface area contributed by atoms with E-state index in [-0.39, 0.29) is 5.82 Å². The molecule has 1 aromatic rings. The second-order valence-electron chi connectivity index (χ2n) is 4.96. The van der Waals surface area contributed by atoms with Gasteiger partial charge in [-0.1, -0.05) is 29.3 Å². The van der Waals surface area contributed by atoms with Gasteiger partial charge < -0.3 is 4.74 Å². The van der Waals surface area contributed by atoms with Crippen molar-refractivity contribution in [2.45, 2.75) is 36.7 Å². The lowest BCUT2D eigenvalue weighted by molar-refractivity contribution is -0.128. The lowest BCUT2D eigenvalue weighted by Crippen LogP contribution is -2.13. The first-order chi connectivity index (χ1) is 10.2. The fraction of sp³-hybridized carbons (Fsp3) is 0.438. The Balaban J connectivity index is 1.92. The summed E-state index contributed by atoms with van der Waals surface area (Å²) in [5.41, 5.74) is 2.29. The van der Waals surface area contributed by atoms with Gasteiger partial charge >= 0.3 is 0 Å². The van der Waals surface area contributed by atoms with Crippen molar-refractivity contribution in [3.63, 3.8) is 0 Å². The van der Waals surface area contributed by atoms with Crippen LogP contribution in [0, 0.1) is 5.82 Å². The van der Waals surface area contributed by atoms with Crippen molar-refractivity contribution in [3.8, 4) is 0 Å². The van der Waals surface area contributed by atoms with Crippen molar-refractivity contribution < 1.29 is 13.9 Å². The van der Waals surface area contributed by atoms with Crippen molar-refractivity contribution in [2.24, 2.45) is 0 Å². The molecule has 1 unspecified atom stereocenters. The molecular formula is C16H18ClFO2S. The van der Waals surface area contributed by atoms with Gasteiger partial charge in [0, 0.05) is 22.4 Å². The molecule has 0 fully saturated rings. The van der Waals surface area contributed by atoms with E-state index in [2.05, 4.69) is 6.08 Å². The van der Waals surface area contributed by atoms with E-state index < -0.39 is 0 Å². The molecule has 0 aliphatic heterocycles. The van der Waals surface area contributed by atoms with Gasteiger partial charge in [0.15, 0.2) is 0 Å². The molecule has 0 amide bonds. The van der Waals surface area contributed by atoms with Gasteiger partial charge in [-0.25, -0.2) is 4.39 Å². The Morgan fingerprint density at radius 2 is 2.33 bits per heavy atom. The van der Waals surface area contributed by atoms with Crippen molar-refractivity contribution in [3.05, 3.63) is 46.3 Å². The summed E-state index contributed by atoms with van der Waals surface area (Å²) in [6.07, 6.45) is 6.42. The molecule has 0 N–H and O–H groups in total. The minimum atomic E-state index is -0.307. The van der Waals surface area contributed by atoms with E-state index in [1.807, 2.05) is 11.8 Å². The molecule has 114 valence electrons. The first kappa shape index (κ1) is 16.4. The number of carbonyl (C=O) groups is 1. The summed E-state index contributed by atoms with van der Waals surface area (Å²) in [5, 5.41) is 0.906. The molecule has 0 aromatic heterocycles. The van der Waals surface area contributed by atoms with Crippen LogP contribution in [0.25, 0.3) is 0 Å². The quantitative estimate of drug-likeness (QED) is 0.410. The monoisotopic (exact) mass is 328 g/mol. The van der Waals surface area contributed by atoms with Crippen LogP contribution in [-0.4, -0.2) is 18.3 Å². The third kappa shape index (κ3) is 5.04. The van der Waals surface area contributed by atoms with Gasteiger partial charge in [-0.2, -0.15) is 0 Å². The van der Waals surface area contributed by atoms with Crippen LogP contribution in [0.3, 0.4) is 0 Å². The van der Waals surface area contributed by atoms with Crippen molar-refractivity contribution in [1.82, 2.24) is 0 Å². The largest absolute Gasteiger partial charge is 0.468 e. The summed E-state index contributed by atoms with van der Waals surface area (Å²) in [7, 11) is 0. The average Bonchev–Trinajstić information content (AvgIpc) is 2.48. The van der Waals surface area contributed by atoms with Crippen LogP contribution in [0.4, 0.5) is 4.39 Å². The molecule has 0 saturated heterocycles. The zero-order valence-electron chi connectivity index (χ0n) is 11.7. The van der Waals surface area contributed by atoms with Gasteiger partial charge in [0.25, 0.3) is 6.47 Å². The number of ether oxygens (including phenoxy) is 1. The van der Waals surface area contributed by atoms with Crippen LogP contribution in [0.15, 0.2) is 29.8 Å². The van der Waals surface area contributed by atoms with Crippen molar-refractivity contribution in [1.29, 1.82) is 0 Å². The smallest absolute Gasteiger partial charge is 0.293 e. The molecule has 0 bridgehead atoms. The number of hydrogen-bond acceptors (Lipinski definition) is 3. The predicted molar refractivity (Wildman–Crippen MR) is 85.1 cm³/mol. The maximum atomic E-state index is 13.0. The first-order valence-corrected chi connectivity index (χ1v) is 8.43. The Kier molecular flexibility index (Phi) is 6.58. The fourth-order valence-corrected chi connectivity index (χ4v) is 4.12. The number of hydrogen-bond donors (Lipinski definition) is 0. The van der Waals surface area contributed by atoms with Crippen LogP contribution in [0.2, 0.25) is 5.02 Å². The highest BCUT2D eigenvalue weighted by atomic mass is 35.5. The van der Waals surface area contributed by atoms with Crippen LogP contribution >= 0.6 is 23.4 Å². The highest BCUT2D eigenvalue weighted by Gasteiger charge is 2.18. The summed E-state index contributed by atoms with van der Waals surface area (Å²) in [6, 6.07) is 4.54. The Bertz CT molecular complexity index is 519. The third-order valence-corrected chi connectivity index (χ3v) is 5.29. The van der Waals surface area contributed by atoms with Gasteiger partial charge in [-0.05, 0) is 37.0 Å². The average molecular weight is 329 g/mol. The van der Waals surface area contributed by atoms with E-state index in [9.17, 15) is 9.18 Å². The summed E-state index contributed by atoms with van der Waals surface area (Å²) >= 11 is 7.88. The minimum absolute atomic E-state index is 0.307. The lowest BCUT2D eigenvalue weighted by Gasteiger charge is -2.24. The second kappa shape index (κ2) is 8.44. The number of benzene rings is 1. The molecule has 0 spiro atoms. The van der Waals surface area contributed by atoms with Gasteiger partial charge in [0.05, 0.1) is 6.61 Å². The second-order valence-corrected chi connectivity index (χ2v) is 6.56. The number of halogens is 2. The Hall–Kier alpha value is -1.00. The molecular weight excluding hydrogens is 311 g/mol. The molecule has 1 atom stereocenters. The molecule has 0 radical (unpaired) electrons. The topological polar surface area (TPSA) is 26.3 Å². The summed E-state index contributed by atoms with van der Waals surface area (Å²) in [5.74, 6) is 0.452. The number of rotatable bonds is 7. The molecule has 1 aromatic carbocycles. The maximum absolute atomic E-state index is 13.0. The van der Waals surface area contributed by atoms with Crippen molar-refractivity contribution in [2.75, 3.05) is 6.61 Å². The molecule has 2 rings (SSSR count). The van der Waals surface area contributed by atoms with E-state index in [0.717, 1.165) is 30.6 Å². The van der Waals surface area contributed by atoms with Crippen LogP contribution in [0.5, 0.6) is 0 Å². The molecule has 1 aliphatic rings. The number of carbonyl (C=O) groups excluding carboxylic acids is 1. The van der Waals surface area contributed by atoms with Gasteiger partial charge in [-0.3, -0.25) is 4.79 Å². The zero-order chi connectivity index (χ0) is 15.1. The van der Waals surface area contributed by atoms with Gasteiger partial charge in [-0.15, -0.1) is 11.8 Å².